The van der Waals surface area contributed by atoms with E-state index in [9.17, 15) is 4.79 Å². The molecule has 1 aromatic carbocycles. The molecule has 142 valence electrons. The lowest BCUT2D eigenvalue weighted by molar-refractivity contribution is -0.142. The van der Waals surface area contributed by atoms with E-state index >= 15 is 0 Å². The number of benzene rings is 1. The Hall–Kier alpha value is -2.58. The van der Waals surface area contributed by atoms with E-state index in [0.29, 0.717) is 50.3 Å². The van der Waals surface area contributed by atoms with Gasteiger partial charge in [0, 0.05) is 13.1 Å². The zero-order chi connectivity index (χ0) is 18.6. The topological polar surface area (TPSA) is 67.2 Å². The monoisotopic (exact) mass is 387 g/mol. The van der Waals surface area contributed by atoms with Gasteiger partial charge in [0.05, 0.1) is 38.3 Å². The molecule has 1 amide bonds. The summed E-state index contributed by atoms with van der Waals surface area (Å²) in [4.78, 5) is 16.6. The summed E-state index contributed by atoms with van der Waals surface area (Å²) in [5.41, 5.74) is 0.848. The van der Waals surface area contributed by atoms with Crippen molar-refractivity contribution in [1.29, 1.82) is 0 Å². The van der Waals surface area contributed by atoms with E-state index in [2.05, 4.69) is 5.32 Å². The number of hydrogen-bond acceptors (Lipinski definition) is 5. The molecule has 27 heavy (non-hydrogen) atoms. The summed E-state index contributed by atoms with van der Waals surface area (Å²) in [6.07, 6.45) is 1.02. The Morgan fingerprint density at radius 2 is 2.00 bits per heavy atom. The Balaban J connectivity index is 1.50. The molecule has 0 radical (unpaired) electrons. The average Bonchev–Trinajstić information content (AvgIpc) is 3.25. The number of furan rings is 1. The second-order valence-electron chi connectivity index (χ2n) is 6.36. The minimum atomic E-state index is -0.610. The molecule has 7 nitrogen and oxygen atoms in total. The van der Waals surface area contributed by atoms with Crippen LogP contribution in [0.1, 0.15) is 5.76 Å². The minimum Gasteiger partial charge on any atom is -0.476 e. The van der Waals surface area contributed by atoms with Gasteiger partial charge in [0.25, 0.3) is 5.91 Å². The number of ether oxygens (including phenoxy) is 2. The first-order valence-corrected chi connectivity index (χ1v) is 9.33. The van der Waals surface area contributed by atoms with Crippen LogP contribution in [0.25, 0.3) is 0 Å². The van der Waals surface area contributed by atoms with Crippen molar-refractivity contribution in [2.75, 3.05) is 37.7 Å². The highest BCUT2D eigenvalue weighted by molar-refractivity contribution is 7.80. The number of nitrogens with one attached hydrogen (secondary N) is 1. The van der Waals surface area contributed by atoms with Crippen LogP contribution in [-0.2, 0) is 16.1 Å². The summed E-state index contributed by atoms with van der Waals surface area (Å²) < 4.78 is 16.7. The van der Waals surface area contributed by atoms with Crippen LogP contribution in [0.5, 0.6) is 5.75 Å². The van der Waals surface area contributed by atoms with E-state index in [4.69, 9.17) is 26.1 Å². The lowest BCUT2D eigenvalue weighted by Crippen LogP contribution is -2.55. The number of hydrogen-bond donors (Lipinski definition) is 1. The van der Waals surface area contributed by atoms with Crippen molar-refractivity contribution in [3.8, 4) is 5.75 Å². The number of nitrogens with zero attached hydrogens (tertiary/aromatic N) is 2. The third-order valence-electron chi connectivity index (χ3n) is 4.61. The molecule has 1 N–H and O–H groups in total. The summed E-state index contributed by atoms with van der Waals surface area (Å²) in [6.45, 7) is 3.12. The summed E-state index contributed by atoms with van der Waals surface area (Å²) in [5, 5.41) is 3.73. The van der Waals surface area contributed by atoms with Crippen LogP contribution >= 0.6 is 12.2 Å². The zero-order valence-electron chi connectivity index (χ0n) is 14.8. The van der Waals surface area contributed by atoms with Crippen LogP contribution in [0.2, 0.25) is 0 Å². The quantitative estimate of drug-likeness (QED) is 0.806. The fourth-order valence-electron chi connectivity index (χ4n) is 3.21. The van der Waals surface area contributed by atoms with Gasteiger partial charge in [-0.2, -0.15) is 0 Å². The first-order valence-electron chi connectivity index (χ1n) is 8.92. The lowest BCUT2D eigenvalue weighted by atomic mass is 10.1. The van der Waals surface area contributed by atoms with E-state index in [-0.39, 0.29) is 5.91 Å². The van der Waals surface area contributed by atoms with Crippen LogP contribution in [0.4, 0.5) is 5.69 Å². The van der Waals surface area contributed by atoms with E-state index in [1.165, 1.54) is 0 Å². The van der Waals surface area contributed by atoms with Gasteiger partial charge in [0.1, 0.15) is 11.5 Å². The van der Waals surface area contributed by atoms with Crippen LogP contribution in [0.15, 0.2) is 47.1 Å². The SMILES string of the molecule is O=C([C@H]1CN(C(=S)NCc2ccco2)c2ccccc2O1)N1CCOCC1. The number of anilines is 1. The van der Waals surface area contributed by atoms with Gasteiger partial charge in [-0.3, -0.25) is 4.79 Å². The fraction of sp³-hybridized carbons (Fsp3) is 0.368. The molecule has 0 saturated carbocycles. The maximum absolute atomic E-state index is 12.9. The predicted molar refractivity (Wildman–Crippen MR) is 104 cm³/mol. The van der Waals surface area contributed by atoms with Crippen LogP contribution in [-0.4, -0.2) is 54.9 Å². The fourth-order valence-corrected chi connectivity index (χ4v) is 3.46. The van der Waals surface area contributed by atoms with Crippen LogP contribution < -0.4 is 15.0 Å². The molecule has 2 aromatic rings. The van der Waals surface area contributed by atoms with Gasteiger partial charge in [-0.15, -0.1) is 0 Å². The Labute approximate surface area is 162 Å². The molecular formula is C19H21N3O4S. The number of thiocarbonyl (C=S) groups is 1. The number of fused-ring (bicyclic) bond motifs is 1. The van der Waals surface area contributed by atoms with Gasteiger partial charge >= 0.3 is 0 Å². The van der Waals surface area contributed by atoms with Gasteiger partial charge in [-0.05, 0) is 36.5 Å². The second kappa shape index (κ2) is 7.98. The molecule has 4 rings (SSSR count). The third kappa shape index (κ3) is 3.91. The first-order chi connectivity index (χ1) is 13.2. The molecule has 1 saturated heterocycles. The number of amides is 1. The zero-order valence-corrected chi connectivity index (χ0v) is 15.6. The smallest absolute Gasteiger partial charge is 0.265 e. The molecule has 1 atom stereocenters. The van der Waals surface area contributed by atoms with Gasteiger partial charge < -0.3 is 29.0 Å². The molecule has 2 aliphatic rings. The number of para-hydroxylation sites is 2. The maximum atomic E-state index is 12.9. The van der Waals surface area contributed by atoms with Crippen molar-refractivity contribution >= 4 is 28.9 Å². The maximum Gasteiger partial charge on any atom is 0.265 e. The van der Waals surface area contributed by atoms with Crippen molar-refractivity contribution in [1.82, 2.24) is 10.2 Å². The Bertz CT molecular complexity index is 805. The molecule has 1 aromatic heterocycles. The predicted octanol–water partition coefficient (Wildman–Crippen LogP) is 1.78. The molecule has 0 unspecified atom stereocenters. The van der Waals surface area contributed by atoms with Crippen molar-refractivity contribution in [3.05, 3.63) is 48.4 Å². The highest BCUT2D eigenvalue weighted by atomic mass is 32.1. The Morgan fingerprint density at radius 1 is 1.19 bits per heavy atom. The van der Waals surface area contributed by atoms with Crippen molar-refractivity contribution in [2.24, 2.45) is 0 Å². The average molecular weight is 387 g/mol. The Kier molecular flexibility index (Phi) is 5.26. The van der Waals surface area contributed by atoms with Crippen molar-refractivity contribution in [3.63, 3.8) is 0 Å². The number of carbonyl (C=O) groups excluding carboxylic acids is 1. The molecule has 0 aliphatic carbocycles. The van der Waals surface area contributed by atoms with E-state index < -0.39 is 6.10 Å². The normalized spacial score (nSPS) is 19.2. The van der Waals surface area contributed by atoms with Gasteiger partial charge in [-0.25, -0.2) is 0 Å². The van der Waals surface area contributed by atoms with Crippen molar-refractivity contribution in [2.45, 2.75) is 12.6 Å². The van der Waals surface area contributed by atoms with Gasteiger partial charge in [-0.1, -0.05) is 12.1 Å². The molecule has 8 heteroatoms. The molecule has 0 spiro atoms. The number of morpholine rings is 1. The lowest BCUT2D eigenvalue weighted by Gasteiger charge is -2.38. The standard InChI is InChI=1S/C19H21N3O4S/c23-18(21-7-10-24-11-8-21)17-13-22(15-5-1-2-6-16(15)26-17)19(27)20-12-14-4-3-9-25-14/h1-6,9,17H,7-8,10-13H2,(H,20,27)/t17-/m1/s1. The molecule has 2 aliphatic heterocycles. The summed E-state index contributed by atoms with van der Waals surface area (Å²) in [6, 6.07) is 11.3. The molecular weight excluding hydrogens is 366 g/mol. The van der Waals surface area contributed by atoms with Crippen LogP contribution in [0.3, 0.4) is 0 Å². The van der Waals surface area contributed by atoms with E-state index in [1.807, 2.05) is 41.3 Å². The Morgan fingerprint density at radius 3 is 2.78 bits per heavy atom. The van der Waals surface area contributed by atoms with Crippen molar-refractivity contribution < 1.29 is 18.7 Å². The molecule has 1 fully saturated rings. The first kappa shape index (κ1) is 17.8. The number of carbonyl (C=O) groups is 1. The minimum absolute atomic E-state index is 0.0355. The van der Waals surface area contributed by atoms with Gasteiger partial charge in [0.15, 0.2) is 11.2 Å². The summed E-state index contributed by atoms with van der Waals surface area (Å²) >= 11 is 5.59. The van der Waals surface area contributed by atoms with E-state index in [0.717, 1.165) is 11.4 Å². The van der Waals surface area contributed by atoms with Crippen LogP contribution in [0, 0.1) is 0 Å². The highest BCUT2D eigenvalue weighted by Gasteiger charge is 2.35. The second-order valence-corrected chi connectivity index (χ2v) is 6.75. The summed E-state index contributed by atoms with van der Waals surface area (Å²) in [5.74, 6) is 1.41. The highest BCUT2D eigenvalue weighted by Crippen LogP contribution is 2.33. The number of rotatable bonds is 3. The summed E-state index contributed by atoms with van der Waals surface area (Å²) in [7, 11) is 0. The van der Waals surface area contributed by atoms with Gasteiger partial charge in [0.2, 0.25) is 0 Å². The third-order valence-corrected chi connectivity index (χ3v) is 4.98. The molecule has 0 bridgehead atoms. The van der Waals surface area contributed by atoms with E-state index in [1.54, 1.807) is 11.2 Å². The largest absolute Gasteiger partial charge is 0.476 e. The molecule has 3 heterocycles.